The summed E-state index contributed by atoms with van der Waals surface area (Å²) in [7, 11) is 0.123. The normalized spacial score (nSPS) is 11.3. The van der Waals surface area contributed by atoms with Crippen LogP contribution in [-0.2, 0) is 26.0 Å². The van der Waals surface area contributed by atoms with Gasteiger partial charge in [-0.25, -0.2) is 8.42 Å². The van der Waals surface area contributed by atoms with E-state index in [1.165, 1.54) is 0 Å². The average Bonchev–Trinajstić information content (AvgIpc) is 2.65. The maximum atomic E-state index is 12.3. The Morgan fingerprint density at radius 2 is 1.69 bits per heavy atom. The van der Waals surface area contributed by atoms with Crippen LogP contribution in [0.5, 0.6) is 0 Å². The summed E-state index contributed by atoms with van der Waals surface area (Å²) >= 11 is 0. The van der Waals surface area contributed by atoms with Gasteiger partial charge in [0.15, 0.2) is 9.84 Å². The van der Waals surface area contributed by atoms with Gasteiger partial charge in [-0.15, -0.1) is 0 Å². The first kappa shape index (κ1) is 22.6. The van der Waals surface area contributed by atoms with Gasteiger partial charge < -0.3 is 15.5 Å². The molecule has 0 saturated heterocycles. The van der Waals surface area contributed by atoms with E-state index in [2.05, 4.69) is 10.6 Å². The van der Waals surface area contributed by atoms with Gasteiger partial charge in [-0.2, -0.15) is 0 Å². The molecule has 7 nitrogen and oxygen atoms in total. The Hall–Kier alpha value is -2.71. The summed E-state index contributed by atoms with van der Waals surface area (Å²) in [6.45, 7) is 2.41. The molecular formula is C21H27N3O4S. The standard InChI is InChI=1S/C21H27N3O4S/c1-16-7-9-19(10-8-16)29(27,28)12-11-20(25)22-14-17-5-4-6-18(13-17)23-21(26)15-24(2)3/h4-10,13H,11-12,14-15H2,1-3H3,(H,22,25)(H,23,26). The maximum absolute atomic E-state index is 12.3. The molecule has 2 rings (SSSR count). The highest BCUT2D eigenvalue weighted by atomic mass is 32.2. The average molecular weight is 418 g/mol. The number of carbonyl (C=O) groups is 2. The van der Waals surface area contributed by atoms with Gasteiger partial charge >= 0.3 is 0 Å². The van der Waals surface area contributed by atoms with Crippen molar-refractivity contribution < 1.29 is 18.0 Å². The fourth-order valence-electron chi connectivity index (χ4n) is 2.63. The smallest absolute Gasteiger partial charge is 0.238 e. The summed E-state index contributed by atoms with van der Waals surface area (Å²) in [4.78, 5) is 25.9. The summed E-state index contributed by atoms with van der Waals surface area (Å²) in [6, 6.07) is 13.7. The zero-order chi connectivity index (χ0) is 21.4. The number of anilines is 1. The number of nitrogens with zero attached hydrogens (tertiary/aromatic N) is 1. The quantitative estimate of drug-likeness (QED) is 0.650. The third kappa shape index (κ3) is 7.67. The fourth-order valence-corrected chi connectivity index (χ4v) is 3.87. The summed E-state index contributed by atoms with van der Waals surface area (Å²) in [5.74, 6) is -0.720. The Balaban J connectivity index is 1.85. The van der Waals surface area contributed by atoms with Crippen LogP contribution in [0.4, 0.5) is 5.69 Å². The first-order valence-electron chi connectivity index (χ1n) is 9.25. The minimum Gasteiger partial charge on any atom is -0.352 e. The van der Waals surface area contributed by atoms with E-state index in [-0.39, 0.29) is 42.0 Å². The molecule has 2 aromatic rings. The van der Waals surface area contributed by atoms with Gasteiger partial charge in [0, 0.05) is 18.7 Å². The topological polar surface area (TPSA) is 95.6 Å². The molecule has 0 aromatic heterocycles. The second-order valence-electron chi connectivity index (χ2n) is 7.14. The largest absolute Gasteiger partial charge is 0.352 e. The van der Waals surface area contributed by atoms with Crippen molar-refractivity contribution in [2.75, 3.05) is 31.7 Å². The van der Waals surface area contributed by atoms with Crippen molar-refractivity contribution >= 4 is 27.3 Å². The summed E-state index contributed by atoms with van der Waals surface area (Å²) in [5, 5.41) is 5.52. The highest BCUT2D eigenvalue weighted by molar-refractivity contribution is 7.91. The lowest BCUT2D eigenvalue weighted by molar-refractivity contribution is -0.121. The molecule has 29 heavy (non-hydrogen) atoms. The van der Waals surface area contributed by atoms with Crippen LogP contribution in [-0.4, -0.2) is 51.5 Å². The van der Waals surface area contributed by atoms with Crippen molar-refractivity contribution in [3.8, 4) is 0 Å². The van der Waals surface area contributed by atoms with Gasteiger partial charge in [0.1, 0.15) is 0 Å². The molecule has 0 aliphatic carbocycles. The number of aryl methyl sites for hydroxylation is 1. The molecule has 0 unspecified atom stereocenters. The molecule has 0 spiro atoms. The molecule has 0 aliphatic heterocycles. The van der Waals surface area contributed by atoms with Crippen LogP contribution < -0.4 is 10.6 Å². The van der Waals surface area contributed by atoms with Crippen molar-refractivity contribution in [3.05, 3.63) is 59.7 Å². The number of hydrogen-bond donors (Lipinski definition) is 2. The zero-order valence-corrected chi connectivity index (χ0v) is 17.8. The highest BCUT2D eigenvalue weighted by Gasteiger charge is 2.16. The third-order valence-corrected chi connectivity index (χ3v) is 5.87. The minimum atomic E-state index is -3.50. The fraction of sp³-hybridized carbons (Fsp3) is 0.333. The molecule has 0 saturated carbocycles. The Morgan fingerprint density at radius 1 is 1.00 bits per heavy atom. The van der Waals surface area contributed by atoms with Crippen LogP contribution >= 0.6 is 0 Å². The Bertz CT molecular complexity index is 954. The van der Waals surface area contributed by atoms with E-state index in [0.29, 0.717) is 5.69 Å². The van der Waals surface area contributed by atoms with Crippen molar-refractivity contribution in [1.29, 1.82) is 0 Å². The van der Waals surface area contributed by atoms with Crippen LogP contribution in [0.15, 0.2) is 53.4 Å². The molecule has 2 amide bonds. The number of likely N-dealkylation sites (N-methyl/N-ethyl adjacent to an activating group) is 1. The molecule has 0 fully saturated rings. The lowest BCUT2D eigenvalue weighted by Gasteiger charge is -2.11. The highest BCUT2D eigenvalue weighted by Crippen LogP contribution is 2.13. The number of amides is 2. The van der Waals surface area contributed by atoms with Crippen molar-refractivity contribution in [2.24, 2.45) is 0 Å². The van der Waals surface area contributed by atoms with Crippen LogP contribution in [0.2, 0.25) is 0 Å². The maximum Gasteiger partial charge on any atom is 0.238 e. The summed E-state index contributed by atoms with van der Waals surface area (Å²) in [6.07, 6.45) is -0.116. The number of rotatable bonds is 9. The van der Waals surface area contributed by atoms with E-state index in [0.717, 1.165) is 11.1 Å². The lowest BCUT2D eigenvalue weighted by Crippen LogP contribution is -2.27. The first-order valence-corrected chi connectivity index (χ1v) is 10.9. The first-order chi connectivity index (χ1) is 13.7. The number of nitrogens with one attached hydrogen (secondary N) is 2. The molecule has 0 radical (unpaired) electrons. The van der Waals surface area contributed by atoms with E-state index in [9.17, 15) is 18.0 Å². The van der Waals surface area contributed by atoms with E-state index in [1.807, 2.05) is 27.1 Å². The van der Waals surface area contributed by atoms with Gasteiger partial charge in [0.2, 0.25) is 11.8 Å². The van der Waals surface area contributed by atoms with Crippen LogP contribution in [0.3, 0.4) is 0 Å². The van der Waals surface area contributed by atoms with Gasteiger partial charge in [-0.05, 0) is 50.8 Å². The Kier molecular flexibility index (Phi) is 7.92. The van der Waals surface area contributed by atoms with Gasteiger partial charge in [0.05, 0.1) is 17.2 Å². The summed E-state index contributed by atoms with van der Waals surface area (Å²) in [5.41, 5.74) is 2.43. The molecule has 0 atom stereocenters. The van der Waals surface area contributed by atoms with Crippen molar-refractivity contribution in [1.82, 2.24) is 10.2 Å². The Labute approximate surface area is 172 Å². The van der Waals surface area contributed by atoms with Crippen LogP contribution in [0.1, 0.15) is 17.5 Å². The number of hydrogen-bond acceptors (Lipinski definition) is 5. The zero-order valence-electron chi connectivity index (χ0n) is 16.9. The molecule has 2 aromatic carbocycles. The van der Waals surface area contributed by atoms with Crippen molar-refractivity contribution in [2.45, 2.75) is 24.8 Å². The molecular weight excluding hydrogens is 390 g/mol. The molecule has 2 N–H and O–H groups in total. The third-order valence-electron chi connectivity index (χ3n) is 4.14. The molecule has 156 valence electrons. The molecule has 0 aliphatic rings. The minimum absolute atomic E-state index is 0.116. The predicted molar refractivity (Wildman–Crippen MR) is 113 cm³/mol. The van der Waals surface area contributed by atoms with Crippen LogP contribution in [0.25, 0.3) is 0 Å². The Morgan fingerprint density at radius 3 is 2.34 bits per heavy atom. The lowest BCUT2D eigenvalue weighted by atomic mass is 10.2. The van der Waals surface area contributed by atoms with E-state index in [4.69, 9.17) is 0 Å². The second kappa shape index (κ2) is 10.2. The number of benzene rings is 2. The van der Waals surface area contributed by atoms with E-state index < -0.39 is 9.84 Å². The van der Waals surface area contributed by atoms with Gasteiger partial charge in [0.25, 0.3) is 0 Å². The van der Waals surface area contributed by atoms with E-state index >= 15 is 0 Å². The summed E-state index contributed by atoms with van der Waals surface area (Å²) < 4.78 is 24.6. The number of sulfone groups is 1. The molecule has 0 bridgehead atoms. The predicted octanol–water partition coefficient (Wildman–Crippen LogP) is 1.98. The van der Waals surface area contributed by atoms with Crippen molar-refractivity contribution in [3.63, 3.8) is 0 Å². The molecule has 0 heterocycles. The second-order valence-corrected chi connectivity index (χ2v) is 9.25. The van der Waals surface area contributed by atoms with Gasteiger partial charge in [-0.3, -0.25) is 9.59 Å². The SMILES string of the molecule is Cc1ccc(S(=O)(=O)CCC(=O)NCc2cccc(NC(=O)CN(C)C)c2)cc1. The number of carbonyl (C=O) groups excluding carboxylic acids is 2. The molecule has 8 heteroatoms. The van der Waals surface area contributed by atoms with Crippen LogP contribution in [0, 0.1) is 6.92 Å². The van der Waals surface area contributed by atoms with E-state index in [1.54, 1.807) is 47.4 Å². The van der Waals surface area contributed by atoms with Gasteiger partial charge in [-0.1, -0.05) is 29.8 Å². The monoisotopic (exact) mass is 417 g/mol.